The number of halogens is 1. The van der Waals surface area contributed by atoms with E-state index in [-0.39, 0.29) is 12.5 Å². The summed E-state index contributed by atoms with van der Waals surface area (Å²) < 4.78 is 6.09. The number of hydrogen-bond acceptors (Lipinski definition) is 3. The van der Waals surface area contributed by atoms with Gasteiger partial charge in [-0.1, -0.05) is 13.8 Å². The molecule has 0 atom stereocenters. The molecule has 0 aliphatic carbocycles. The molecule has 1 aromatic rings. The maximum Gasteiger partial charge on any atom is 0.239 e. The second kappa shape index (κ2) is 8.04. The van der Waals surface area contributed by atoms with Crippen LogP contribution in [0.25, 0.3) is 0 Å². The molecule has 0 aliphatic heterocycles. The molecule has 2 N–H and O–H groups in total. The Morgan fingerprint density at radius 1 is 1.42 bits per heavy atom. The summed E-state index contributed by atoms with van der Waals surface area (Å²) >= 11 is 3.39. The van der Waals surface area contributed by atoms with E-state index in [0.717, 1.165) is 28.9 Å². The number of carbonyl (C=O) groups is 1. The van der Waals surface area contributed by atoms with Crippen molar-refractivity contribution in [3.05, 3.63) is 22.7 Å². The van der Waals surface area contributed by atoms with E-state index in [1.54, 1.807) is 7.11 Å². The minimum atomic E-state index is 0.00235. The fourth-order valence-electron chi connectivity index (χ4n) is 1.51. The van der Waals surface area contributed by atoms with Gasteiger partial charge in [-0.3, -0.25) is 4.79 Å². The summed E-state index contributed by atoms with van der Waals surface area (Å²) in [6.07, 6.45) is 0.998. The Morgan fingerprint density at radius 3 is 2.79 bits per heavy atom. The highest BCUT2D eigenvalue weighted by Crippen LogP contribution is 2.27. The second-order valence-corrected chi connectivity index (χ2v) is 5.59. The predicted octanol–water partition coefficient (Wildman–Crippen LogP) is 3.03. The summed E-state index contributed by atoms with van der Waals surface area (Å²) in [7, 11) is 1.61. The van der Waals surface area contributed by atoms with E-state index in [2.05, 4.69) is 40.4 Å². The SMILES string of the molecule is COc1cc(NCC(=O)NCCC(C)C)ccc1Br. The molecule has 1 amide bonds. The standard InChI is InChI=1S/C14H21BrN2O2/c1-10(2)6-7-16-14(18)9-17-11-4-5-12(15)13(8-11)19-3/h4-5,8,10,17H,6-7,9H2,1-3H3,(H,16,18). The molecule has 0 spiro atoms. The smallest absolute Gasteiger partial charge is 0.239 e. The van der Waals surface area contributed by atoms with Crippen molar-refractivity contribution < 1.29 is 9.53 Å². The largest absolute Gasteiger partial charge is 0.495 e. The highest BCUT2D eigenvalue weighted by atomic mass is 79.9. The monoisotopic (exact) mass is 328 g/mol. The van der Waals surface area contributed by atoms with Crippen LogP contribution in [-0.2, 0) is 4.79 Å². The summed E-state index contributed by atoms with van der Waals surface area (Å²) in [6.45, 7) is 5.27. The van der Waals surface area contributed by atoms with E-state index in [1.807, 2.05) is 18.2 Å². The zero-order valence-electron chi connectivity index (χ0n) is 11.6. The number of amides is 1. The van der Waals surface area contributed by atoms with E-state index < -0.39 is 0 Å². The van der Waals surface area contributed by atoms with E-state index in [4.69, 9.17) is 4.74 Å². The number of anilines is 1. The van der Waals surface area contributed by atoms with Gasteiger partial charge in [0.15, 0.2) is 0 Å². The molecule has 0 unspecified atom stereocenters. The first-order chi connectivity index (χ1) is 9.02. The normalized spacial score (nSPS) is 10.4. The summed E-state index contributed by atoms with van der Waals surface area (Å²) in [5.41, 5.74) is 0.860. The van der Waals surface area contributed by atoms with Crippen LogP contribution in [0.2, 0.25) is 0 Å². The average Bonchev–Trinajstić information content (AvgIpc) is 2.37. The first-order valence-corrected chi connectivity index (χ1v) is 7.16. The lowest BCUT2D eigenvalue weighted by Gasteiger charge is -2.10. The van der Waals surface area contributed by atoms with Gasteiger partial charge in [-0.25, -0.2) is 0 Å². The lowest BCUT2D eigenvalue weighted by atomic mass is 10.1. The van der Waals surface area contributed by atoms with Gasteiger partial charge in [0.1, 0.15) is 5.75 Å². The van der Waals surface area contributed by atoms with Crippen molar-refractivity contribution in [1.82, 2.24) is 5.32 Å². The summed E-state index contributed by atoms with van der Waals surface area (Å²) in [5, 5.41) is 5.95. The molecule has 1 aromatic carbocycles. The Morgan fingerprint density at radius 2 is 2.16 bits per heavy atom. The highest BCUT2D eigenvalue weighted by molar-refractivity contribution is 9.10. The molecule has 0 aliphatic rings. The molecule has 0 aromatic heterocycles. The fourth-order valence-corrected chi connectivity index (χ4v) is 1.92. The third-order valence-corrected chi connectivity index (χ3v) is 3.30. The first kappa shape index (κ1) is 15.8. The molecule has 19 heavy (non-hydrogen) atoms. The topological polar surface area (TPSA) is 50.4 Å². The average molecular weight is 329 g/mol. The minimum Gasteiger partial charge on any atom is -0.495 e. The molecule has 106 valence electrons. The van der Waals surface area contributed by atoms with Crippen LogP contribution < -0.4 is 15.4 Å². The van der Waals surface area contributed by atoms with E-state index in [0.29, 0.717) is 5.92 Å². The van der Waals surface area contributed by atoms with Crippen molar-refractivity contribution >= 4 is 27.5 Å². The van der Waals surface area contributed by atoms with Crippen LogP contribution in [-0.4, -0.2) is 26.1 Å². The van der Waals surface area contributed by atoms with Gasteiger partial charge in [0, 0.05) is 18.3 Å². The third-order valence-electron chi connectivity index (χ3n) is 2.65. The molecule has 4 nitrogen and oxygen atoms in total. The van der Waals surface area contributed by atoms with Gasteiger partial charge in [-0.05, 0) is 40.4 Å². The molecule has 5 heteroatoms. The van der Waals surface area contributed by atoms with Gasteiger partial charge in [0.2, 0.25) is 5.91 Å². The number of benzene rings is 1. The summed E-state index contributed by atoms with van der Waals surface area (Å²) in [5.74, 6) is 1.34. The Bertz CT molecular complexity index is 422. The molecule has 1 rings (SSSR count). The van der Waals surface area contributed by atoms with Gasteiger partial charge in [0.05, 0.1) is 18.1 Å². The zero-order chi connectivity index (χ0) is 14.3. The third kappa shape index (κ3) is 5.96. The van der Waals surface area contributed by atoms with Crippen LogP contribution in [0.4, 0.5) is 5.69 Å². The summed E-state index contributed by atoms with van der Waals surface area (Å²) in [6, 6.07) is 5.64. The Labute approximate surface area is 123 Å². The molecule has 0 bridgehead atoms. The summed E-state index contributed by atoms with van der Waals surface area (Å²) in [4.78, 5) is 11.6. The van der Waals surface area contributed by atoms with E-state index >= 15 is 0 Å². The first-order valence-electron chi connectivity index (χ1n) is 6.37. The van der Waals surface area contributed by atoms with Gasteiger partial charge in [-0.15, -0.1) is 0 Å². The lowest BCUT2D eigenvalue weighted by Crippen LogP contribution is -2.31. The second-order valence-electron chi connectivity index (χ2n) is 4.74. The number of nitrogens with one attached hydrogen (secondary N) is 2. The van der Waals surface area contributed by atoms with Crippen LogP contribution in [0, 0.1) is 5.92 Å². The molecule has 0 radical (unpaired) electrons. The lowest BCUT2D eigenvalue weighted by molar-refractivity contribution is -0.119. The van der Waals surface area contributed by atoms with Crippen LogP contribution in [0.5, 0.6) is 5.75 Å². The van der Waals surface area contributed by atoms with Crippen molar-refractivity contribution in [2.24, 2.45) is 5.92 Å². The van der Waals surface area contributed by atoms with Gasteiger partial charge in [0.25, 0.3) is 0 Å². The molecule has 0 saturated heterocycles. The maximum absolute atomic E-state index is 11.6. The van der Waals surface area contributed by atoms with Crippen molar-refractivity contribution in [2.75, 3.05) is 25.5 Å². The van der Waals surface area contributed by atoms with Crippen molar-refractivity contribution in [1.29, 1.82) is 0 Å². The van der Waals surface area contributed by atoms with Crippen molar-refractivity contribution in [3.63, 3.8) is 0 Å². The predicted molar refractivity (Wildman–Crippen MR) is 81.6 cm³/mol. The Kier molecular flexibility index (Phi) is 6.70. The Hall–Kier alpha value is -1.23. The molecular weight excluding hydrogens is 308 g/mol. The number of ether oxygens (including phenoxy) is 1. The van der Waals surface area contributed by atoms with Gasteiger partial charge in [-0.2, -0.15) is 0 Å². The van der Waals surface area contributed by atoms with Crippen LogP contribution in [0.3, 0.4) is 0 Å². The minimum absolute atomic E-state index is 0.00235. The van der Waals surface area contributed by atoms with Crippen LogP contribution in [0.15, 0.2) is 22.7 Å². The number of hydrogen-bond donors (Lipinski definition) is 2. The molecule has 0 heterocycles. The number of methoxy groups -OCH3 is 1. The fraction of sp³-hybridized carbons (Fsp3) is 0.500. The van der Waals surface area contributed by atoms with E-state index in [9.17, 15) is 4.79 Å². The molecular formula is C14H21BrN2O2. The van der Waals surface area contributed by atoms with Crippen molar-refractivity contribution in [2.45, 2.75) is 20.3 Å². The maximum atomic E-state index is 11.6. The van der Waals surface area contributed by atoms with Gasteiger partial charge >= 0.3 is 0 Å². The molecule has 0 saturated carbocycles. The van der Waals surface area contributed by atoms with Crippen molar-refractivity contribution in [3.8, 4) is 5.75 Å². The number of carbonyl (C=O) groups excluding carboxylic acids is 1. The zero-order valence-corrected chi connectivity index (χ0v) is 13.2. The Balaban J connectivity index is 2.37. The van der Waals surface area contributed by atoms with Crippen LogP contribution >= 0.6 is 15.9 Å². The molecule has 0 fully saturated rings. The van der Waals surface area contributed by atoms with Crippen LogP contribution in [0.1, 0.15) is 20.3 Å². The van der Waals surface area contributed by atoms with E-state index in [1.165, 1.54) is 0 Å². The number of rotatable bonds is 7. The van der Waals surface area contributed by atoms with Gasteiger partial charge < -0.3 is 15.4 Å². The quantitative estimate of drug-likeness (QED) is 0.808. The highest BCUT2D eigenvalue weighted by Gasteiger charge is 2.04.